The zero-order chi connectivity index (χ0) is 15.6. The van der Waals surface area contributed by atoms with Crippen LogP contribution in [0.25, 0.3) is 0 Å². The number of esters is 2. The number of ketones is 2. The highest BCUT2D eigenvalue weighted by molar-refractivity contribution is 6.10. The SMILES string of the molecule is CCOC(=O)C1(C(=O)OCC)C[C@H]2CCC(=O)[C@@H](C1)C2=O. The number of rotatable bonds is 4. The smallest absolute Gasteiger partial charge is 0.323 e. The first kappa shape index (κ1) is 15.7. The Hall–Kier alpha value is -1.72. The topological polar surface area (TPSA) is 86.7 Å². The molecule has 2 fully saturated rings. The summed E-state index contributed by atoms with van der Waals surface area (Å²) in [5, 5.41) is 0. The molecule has 2 rings (SSSR count). The summed E-state index contributed by atoms with van der Waals surface area (Å²) in [7, 11) is 0. The molecule has 2 atom stereocenters. The Labute approximate surface area is 123 Å². The molecule has 0 aromatic carbocycles. The van der Waals surface area contributed by atoms with Crippen LogP contribution in [0.1, 0.15) is 39.5 Å². The number of fused-ring (bicyclic) bond motifs is 2. The zero-order valence-corrected chi connectivity index (χ0v) is 12.3. The van der Waals surface area contributed by atoms with Gasteiger partial charge in [0.15, 0.2) is 5.41 Å². The number of hydrogen-bond donors (Lipinski definition) is 0. The third-order valence-electron chi connectivity index (χ3n) is 4.35. The highest BCUT2D eigenvalue weighted by atomic mass is 16.6. The maximum Gasteiger partial charge on any atom is 0.323 e. The van der Waals surface area contributed by atoms with Gasteiger partial charge in [0.25, 0.3) is 0 Å². The number of Topliss-reactive ketones (excluding diaryl/α,β-unsaturated/α-hetero) is 2. The summed E-state index contributed by atoms with van der Waals surface area (Å²) in [5.41, 5.74) is -1.51. The highest BCUT2D eigenvalue weighted by Gasteiger charge is 2.59. The van der Waals surface area contributed by atoms with Crippen molar-refractivity contribution in [2.24, 2.45) is 17.3 Å². The summed E-state index contributed by atoms with van der Waals surface area (Å²) in [6.07, 6.45) is 0.712. The number of carbonyl (C=O) groups is 4. The second-order valence-corrected chi connectivity index (χ2v) is 5.59. The molecule has 2 aliphatic rings. The van der Waals surface area contributed by atoms with Crippen LogP contribution in [0.2, 0.25) is 0 Å². The monoisotopic (exact) mass is 296 g/mol. The molecule has 0 aromatic rings. The van der Waals surface area contributed by atoms with E-state index in [1.807, 2.05) is 0 Å². The van der Waals surface area contributed by atoms with Crippen LogP contribution in [0.5, 0.6) is 0 Å². The minimum absolute atomic E-state index is 0.0906. The van der Waals surface area contributed by atoms with Crippen LogP contribution < -0.4 is 0 Å². The van der Waals surface area contributed by atoms with E-state index in [0.717, 1.165) is 0 Å². The van der Waals surface area contributed by atoms with Gasteiger partial charge in [-0.1, -0.05) is 0 Å². The molecule has 0 unspecified atom stereocenters. The molecule has 0 amide bonds. The van der Waals surface area contributed by atoms with Crippen LogP contribution in [0.4, 0.5) is 0 Å². The van der Waals surface area contributed by atoms with E-state index in [9.17, 15) is 19.2 Å². The third kappa shape index (κ3) is 2.59. The summed E-state index contributed by atoms with van der Waals surface area (Å²) in [5.74, 6) is -2.99. The van der Waals surface area contributed by atoms with Gasteiger partial charge < -0.3 is 9.47 Å². The fraction of sp³-hybridized carbons (Fsp3) is 0.733. The van der Waals surface area contributed by atoms with Gasteiger partial charge in [0.1, 0.15) is 11.6 Å². The van der Waals surface area contributed by atoms with Crippen molar-refractivity contribution in [3.8, 4) is 0 Å². The van der Waals surface area contributed by atoms with Gasteiger partial charge >= 0.3 is 11.9 Å². The summed E-state index contributed by atoms with van der Waals surface area (Å²) in [4.78, 5) is 48.8. The van der Waals surface area contributed by atoms with Crippen LogP contribution in [0.15, 0.2) is 0 Å². The molecule has 2 aliphatic carbocycles. The van der Waals surface area contributed by atoms with Gasteiger partial charge in [-0.15, -0.1) is 0 Å². The average Bonchev–Trinajstić information content (AvgIpc) is 2.44. The predicted octanol–water partition coefficient (Wildman–Crippen LogP) is 1.06. The van der Waals surface area contributed by atoms with Gasteiger partial charge in [-0.25, -0.2) is 0 Å². The molecule has 0 radical (unpaired) electrons. The molecular formula is C15H20O6. The zero-order valence-electron chi connectivity index (χ0n) is 12.3. The van der Waals surface area contributed by atoms with Crippen molar-refractivity contribution in [3.63, 3.8) is 0 Å². The first-order valence-corrected chi connectivity index (χ1v) is 7.37. The predicted molar refractivity (Wildman–Crippen MR) is 71.2 cm³/mol. The molecule has 0 aliphatic heterocycles. The van der Waals surface area contributed by atoms with Gasteiger partial charge in [-0.05, 0) is 33.1 Å². The minimum atomic E-state index is -1.51. The minimum Gasteiger partial charge on any atom is -0.465 e. The Morgan fingerprint density at radius 2 is 1.67 bits per heavy atom. The average molecular weight is 296 g/mol. The van der Waals surface area contributed by atoms with Crippen LogP contribution >= 0.6 is 0 Å². The third-order valence-corrected chi connectivity index (χ3v) is 4.35. The molecule has 0 aromatic heterocycles. The maximum absolute atomic E-state index is 12.3. The second kappa shape index (κ2) is 5.95. The number of hydrogen-bond acceptors (Lipinski definition) is 6. The largest absolute Gasteiger partial charge is 0.465 e. The first-order valence-electron chi connectivity index (χ1n) is 7.37. The lowest BCUT2D eigenvalue weighted by molar-refractivity contribution is -0.179. The molecule has 2 saturated carbocycles. The van der Waals surface area contributed by atoms with Crippen molar-refractivity contribution < 1.29 is 28.7 Å². The Kier molecular flexibility index (Phi) is 4.44. The second-order valence-electron chi connectivity index (χ2n) is 5.59. The normalized spacial score (nSPS) is 27.1. The van der Waals surface area contributed by atoms with Crippen LogP contribution in [-0.2, 0) is 28.7 Å². The van der Waals surface area contributed by atoms with Crippen molar-refractivity contribution >= 4 is 23.5 Å². The fourth-order valence-corrected chi connectivity index (χ4v) is 3.30. The van der Waals surface area contributed by atoms with Gasteiger partial charge in [-0.3, -0.25) is 19.2 Å². The van der Waals surface area contributed by atoms with Crippen molar-refractivity contribution in [1.29, 1.82) is 0 Å². The Morgan fingerprint density at radius 3 is 2.19 bits per heavy atom. The van der Waals surface area contributed by atoms with Crippen molar-refractivity contribution in [1.82, 2.24) is 0 Å². The summed E-state index contributed by atoms with van der Waals surface area (Å²) < 4.78 is 10.1. The Morgan fingerprint density at radius 1 is 1.10 bits per heavy atom. The van der Waals surface area contributed by atoms with Gasteiger partial charge in [-0.2, -0.15) is 0 Å². The van der Waals surface area contributed by atoms with E-state index in [0.29, 0.717) is 12.8 Å². The molecular weight excluding hydrogens is 276 g/mol. The maximum atomic E-state index is 12.3. The van der Waals surface area contributed by atoms with E-state index in [1.165, 1.54) is 0 Å². The van der Waals surface area contributed by atoms with Crippen molar-refractivity contribution in [2.45, 2.75) is 39.5 Å². The van der Waals surface area contributed by atoms with Gasteiger partial charge in [0.2, 0.25) is 0 Å². The van der Waals surface area contributed by atoms with Gasteiger partial charge in [0.05, 0.1) is 19.1 Å². The van der Waals surface area contributed by atoms with Crippen molar-refractivity contribution in [2.75, 3.05) is 13.2 Å². The fourth-order valence-electron chi connectivity index (χ4n) is 3.30. The summed E-state index contributed by atoms with van der Waals surface area (Å²) in [6.45, 7) is 3.57. The standard InChI is InChI=1S/C15H20O6/c1-3-20-13(18)15(14(19)21-4-2)7-9-5-6-11(16)10(8-15)12(9)17/h9-10H,3-8H2,1-2H3/t9-,10-/m1/s1. The van der Waals surface area contributed by atoms with Crippen LogP contribution in [0, 0.1) is 17.3 Å². The molecule has 6 nitrogen and oxygen atoms in total. The van der Waals surface area contributed by atoms with E-state index >= 15 is 0 Å². The Bertz CT molecular complexity index is 463. The summed E-state index contributed by atoms with van der Waals surface area (Å²) in [6, 6.07) is 0. The van der Waals surface area contributed by atoms with Crippen LogP contribution in [0.3, 0.4) is 0 Å². The van der Waals surface area contributed by atoms with Gasteiger partial charge in [0, 0.05) is 12.3 Å². The quantitative estimate of drug-likeness (QED) is 0.569. The van der Waals surface area contributed by atoms with Crippen molar-refractivity contribution in [3.05, 3.63) is 0 Å². The highest BCUT2D eigenvalue weighted by Crippen LogP contribution is 2.47. The lowest BCUT2D eigenvalue weighted by Gasteiger charge is -2.41. The molecule has 21 heavy (non-hydrogen) atoms. The lowest BCUT2D eigenvalue weighted by Crippen LogP contribution is -2.54. The molecule has 6 heteroatoms. The lowest BCUT2D eigenvalue weighted by atomic mass is 9.59. The van der Waals surface area contributed by atoms with E-state index in [4.69, 9.17) is 9.47 Å². The van der Waals surface area contributed by atoms with E-state index in [2.05, 4.69) is 0 Å². The Balaban J connectivity index is 2.37. The number of ether oxygens (including phenoxy) is 2. The number of carbonyl (C=O) groups excluding carboxylic acids is 4. The van der Waals surface area contributed by atoms with Crippen LogP contribution in [-0.4, -0.2) is 36.7 Å². The van der Waals surface area contributed by atoms with E-state index in [-0.39, 0.29) is 37.6 Å². The van der Waals surface area contributed by atoms with E-state index in [1.54, 1.807) is 13.8 Å². The van der Waals surface area contributed by atoms with E-state index < -0.39 is 29.2 Å². The first-order chi connectivity index (χ1) is 9.96. The molecule has 2 bridgehead atoms. The molecule has 0 spiro atoms. The molecule has 116 valence electrons. The summed E-state index contributed by atoms with van der Waals surface area (Å²) >= 11 is 0. The molecule has 0 saturated heterocycles. The molecule has 0 N–H and O–H groups in total. The molecule has 0 heterocycles.